The fourth-order valence-corrected chi connectivity index (χ4v) is 2.21. The lowest BCUT2D eigenvalue weighted by molar-refractivity contribution is -0.137. The van der Waals surface area contributed by atoms with Gasteiger partial charge in [0.1, 0.15) is 0 Å². The van der Waals surface area contributed by atoms with E-state index in [0.717, 1.165) is 19.3 Å². The molecule has 0 aromatic carbocycles. The number of aliphatic carboxylic acids is 1. The van der Waals surface area contributed by atoms with E-state index in [1.807, 2.05) is 0 Å². The van der Waals surface area contributed by atoms with Crippen LogP contribution in [-0.4, -0.2) is 22.8 Å². The van der Waals surface area contributed by atoms with E-state index in [4.69, 9.17) is 10.2 Å². The Morgan fingerprint density at radius 1 is 1.23 bits per heavy atom. The van der Waals surface area contributed by atoms with Crippen LogP contribution in [0.5, 0.6) is 0 Å². The van der Waals surface area contributed by atoms with Gasteiger partial charge in [0.2, 0.25) is 0 Å². The molecule has 0 bridgehead atoms. The van der Waals surface area contributed by atoms with Gasteiger partial charge in [0.25, 0.3) is 0 Å². The van der Waals surface area contributed by atoms with Crippen LogP contribution in [0.25, 0.3) is 0 Å². The van der Waals surface area contributed by atoms with Gasteiger partial charge in [0.15, 0.2) is 0 Å². The first-order chi connectivity index (χ1) is 6.24. The van der Waals surface area contributed by atoms with Gasteiger partial charge in [-0.25, -0.2) is 0 Å². The molecule has 2 atom stereocenters. The lowest BCUT2D eigenvalue weighted by Crippen LogP contribution is -2.23. The number of carboxylic acids is 1. The average molecular weight is 186 g/mol. The van der Waals surface area contributed by atoms with E-state index in [0.29, 0.717) is 11.8 Å². The molecule has 1 aliphatic carbocycles. The van der Waals surface area contributed by atoms with Crippen molar-refractivity contribution in [2.24, 2.45) is 11.8 Å². The first kappa shape index (κ1) is 10.5. The van der Waals surface area contributed by atoms with Crippen molar-refractivity contribution in [1.29, 1.82) is 0 Å². The molecule has 1 fully saturated rings. The Kier molecular flexibility index (Phi) is 4.22. The predicted molar refractivity (Wildman–Crippen MR) is 49.4 cm³/mol. The Morgan fingerprint density at radius 3 is 2.38 bits per heavy atom. The number of aliphatic hydroxyl groups excluding tert-OH is 1. The van der Waals surface area contributed by atoms with E-state index in [1.165, 1.54) is 12.8 Å². The molecule has 0 amide bonds. The molecule has 0 heterocycles. The second-order valence-electron chi connectivity index (χ2n) is 3.92. The molecule has 13 heavy (non-hydrogen) atoms. The smallest absolute Gasteiger partial charge is 0.303 e. The monoisotopic (exact) mass is 186 g/mol. The minimum absolute atomic E-state index is 0.226. The summed E-state index contributed by atoms with van der Waals surface area (Å²) >= 11 is 0. The largest absolute Gasteiger partial charge is 0.481 e. The second kappa shape index (κ2) is 5.22. The Bertz CT molecular complexity index is 168. The molecule has 0 saturated heterocycles. The molecular weight excluding hydrogens is 168 g/mol. The third-order valence-electron chi connectivity index (χ3n) is 3.03. The van der Waals surface area contributed by atoms with Gasteiger partial charge in [-0.3, -0.25) is 4.79 Å². The zero-order valence-electron chi connectivity index (χ0n) is 7.91. The fraction of sp³-hybridized carbons (Fsp3) is 0.900. The molecule has 2 N–H and O–H groups in total. The van der Waals surface area contributed by atoms with E-state index in [9.17, 15) is 4.79 Å². The zero-order valence-corrected chi connectivity index (χ0v) is 7.91. The Labute approximate surface area is 78.8 Å². The minimum atomic E-state index is -0.720. The highest BCUT2D eigenvalue weighted by molar-refractivity contribution is 5.66. The summed E-state index contributed by atoms with van der Waals surface area (Å²) in [6, 6.07) is 0. The third kappa shape index (κ3) is 3.35. The molecule has 1 aliphatic rings. The van der Waals surface area contributed by atoms with E-state index in [-0.39, 0.29) is 13.0 Å². The SMILES string of the molecule is O=C(O)CCC1CCCCC1CO. The number of hydrogen-bond acceptors (Lipinski definition) is 2. The standard InChI is InChI=1S/C10H18O3/c11-7-9-4-2-1-3-8(9)5-6-10(12)13/h8-9,11H,1-7H2,(H,12,13). The molecule has 0 aromatic heterocycles. The zero-order chi connectivity index (χ0) is 9.68. The summed E-state index contributed by atoms with van der Waals surface area (Å²) in [7, 11) is 0. The molecule has 2 unspecified atom stereocenters. The maximum absolute atomic E-state index is 10.4. The van der Waals surface area contributed by atoms with Gasteiger partial charge in [-0.15, -0.1) is 0 Å². The van der Waals surface area contributed by atoms with Gasteiger partial charge >= 0.3 is 5.97 Å². The van der Waals surface area contributed by atoms with Crippen LogP contribution >= 0.6 is 0 Å². The van der Waals surface area contributed by atoms with E-state index in [2.05, 4.69) is 0 Å². The van der Waals surface area contributed by atoms with Crippen LogP contribution < -0.4 is 0 Å². The van der Waals surface area contributed by atoms with Crippen LogP contribution in [0.1, 0.15) is 38.5 Å². The van der Waals surface area contributed by atoms with Crippen LogP contribution in [0.2, 0.25) is 0 Å². The molecule has 1 saturated carbocycles. The second-order valence-corrected chi connectivity index (χ2v) is 3.92. The average Bonchev–Trinajstić information content (AvgIpc) is 2.15. The first-order valence-electron chi connectivity index (χ1n) is 5.06. The molecular formula is C10H18O3. The molecule has 1 rings (SSSR count). The normalized spacial score (nSPS) is 28.7. The number of carboxylic acid groups (broad SMARTS) is 1. The Morgan fingerprint density at radius 2 is 1.85 bits per heavy atom. The lowest BCUT2D eigenvalue weighted by atomic mass is 9.77. The van der Waals surface area contributed by atoms with Crippen LogP contribution in [0.3, 0.4) is 0 Å². The summed E-state index contributed by atoms with van der Waals surface area (Å²) in [4.78, 5) is 10.4. The molecule has 76 valence electrons. The summed E-state index contributed by atoms with van der Waals surface area (Å²) in [5.41, 5.74) is 0. The molecule has 0 spiro atoms. The van der Waals surface area contributed by atoms with Gasteiger partial charge in [0, 0.05) is 13.0 Å². The highest BCUT2D eigenvalue weighted by atomic mass is 16.4. The van der Waals surface area contributed by atoms with Crippen LogP contribution in [0.4, 0.5) is 0 Å². The minimum Gasteiger partial charge on any atom is -0.481 e. The fourth-order valence-electron chi connectivity index (χ4n) is 2.21. The van der Waals surface area contributed by atoms with Gasteiger partial charge in [-0.05, 0) is 24.7 Å². The summed E-state index contributed by atoms with van der Waals surface area (Å²) < 4.78 is 0. The molecule has 0 aliphatic heterocycles. The molecule has 3 nitrogen and oxygen atoms in total. The first-order valence-corrected chi connectivity index (χ1v) is 5.06. The van der Waals surface area contributed by atoms with Crippen LogP contribution in [0, 0.1) is 11.8 Å². The van der Waals surface area contributed by atoms with Crippen molar-refractivity contribution in [1.82, 2.24) is 0 Å². The van der Waals surface area contributed by atoms with Gasteiger partial charge in [0.05, 0.1) is 0 Å². The van der Waals surface area contributed by atoms with E-state index < -0.39 is 5.97 Å². The highest BCUT2D eigenvalue weighted by Crippen LogP contribution is 2.32. The van der Waals surface area contributed by atoms with Crippen molar-refractivity contribution in [3.05, 3.63) is 0 Å². The number of hydrogen-bond donors (Lipinski definition) is 2. The number of aliphatic hydroxyl groups is 1. The van der Waals surface area contributed by atoms with Crippen molar-refractivity contribution in [2.75, 3.05) is 6.61 Å². The van der Waals surface area contributed by atoms with Crippen molar-refractivity contribution < 1.29 is 15.0 Å². The van der Waals surface area contributed by atoms with Crippen molar-refractivity contribution in [2.45, 2.75) is 38.5 Å². The van der Waals surface area contributed by atoms with Gasteiger partial charge in [-0.2, -0.15) is 0 Å². The van der Waals surface area contributed by atoms with Crippen LogP contribution in [-0.2, 0) is 4.79 Å². The summed E-state index contributed by atoms with van der Waals surface area (Å²) in [5, 5.41) is 17.6. The molecule has 3 heteroatoms. The van der Waals surface area contributed by atoms with Gasteiger partial charge in [-0.1, -0.05) is 19.3 Å². The number of rotatable bonds is 4. The maximum Gasteiger partial charge on any atom is 0.303 e. The maximum atomic E-state index is 10.4. The van der Waals surface area contributed by atoms with Gasteiger partial charge < -0.3 is 10.2 Å². The topological polar surface area (TPSA) is 57.5 Å². The number of carbonyl (C=O) groups is 1. The van der Waals surface area contributed by atoms with Crippen molar-refractivity contribution in [3.8, 4) is 0 Å². The molecule has 0 aromatic rings. The summed E-state index contributed by atoms with van der Waals surface area (Å²) in [6.45, 7) is 0.226. The van der Waals surface area contributed by atoms with Crippen molar-refractivity contribution >= 4 is 5.97 Å². The van der Waals surface area contributed by atoms with Crippen molar-refractivity contribution in [3.63, 3.8) is 0 Å². The van der Waals surface area contributed by atoms with Crippen LogP contribution in [0.15, 0.2) is 0 Å². The third-order valence-corrected chi connectivity index (χ3v) is 3.03. The van der Waals surface area contributed by atoms with E-state index >= 15 is 0 Å². The Balaban J connectivity index is 2.31. The summed E-state index contributed by atoms with van der Waals surface area (Å²) in [6.07, 6.45) is 5.54. The highest BCUT2D eigenvalue weighted by Gasteiger charge is 2.24. The van der Waals surface area contributed by atoms with E-state index in [1.54, 1.807) is 0 Å². The predicted octanol–water partition coefficient (Wildman–Crippen LogP) is 1.65. The lowest BCUT2D eigenvalue weighted by Gasteiger charge is -2.29. The summed E-state index contributed by atoms with van der Waals surface area (Å²) in [5.74, 6) is 0.0743. The molecule has 0 radical (unpaired) electrons. The quantitative estimate of drug-likeness (QED) is 0.701. The Hall–Kier alpha value is -0.570.